The van der Waals surface area contributed by atoms with E-state index in [1.54, 1.807) is 6.07 Å². The van der Waals surface area contributed by atoms with Crippen molar-refractivity contribution in [3.63, 3.8) is 0 Å². The van der Waals surface area contributed by atoms with Crippen molar-refractivity contribution >= 4 is 17.2 Å². The van der Waals surface area contributed by atoms with Crippen LogP contribution in [0, 0.1) is 5.82 Å². The third-order valence-corrected chi connectivity index (χ3v) is 6.97. The average molecular weight is 418 g/mol. The van der Waals surface area contributed by atoms with Gasteiger partial charge in [-0.2, -0.15) is 0 Å². The predicted molar refractivity (Wildman–Crippen MR) is 112 cm³/mol. The van der Waals surface area contributed by atoms with Gasteiger partial charge in [-0.3, -0.25) is 9.69 Å². The number of thiazole rings is 1. The summed E-state index contributed by atoms with van der Waals surface area (Å²) in [6.07, 6.45) is 5.95. The molecule has 3 heterocycles. The Morgan fingerprint density at radius 2 is 2.03 bits per heavy atom. The van der Waals surface area contributed by atoms with Crippen molar-refractivity contribution in [2.45, 2.75) is 44.1 Å². The van der Waals surface area contributed by atoms with Crippen LogP contribution in [0.4, 0.5) is 4.39 Å². The van der Waals surface area contributed by atoms with Gasteiger partial charge in [0, 0.05) is 36.2 Å². The van der Waals surface area contributed by atoms with Crippen molar-refractivity contribution in [2.24, 2.45) is 0 Å². The minimum atomic E-state index is -0.281. The minimum Gasteiger partial charge on any atom is -0.381 e. The molecule has 1 aromatic heterocycles. The van der Waals surface area contributed by atoms with Gasteiger partial charge in [-0.15, -0.1) is 11.3 Å². The summed E-state index contributed by atoms with van der Waals surface area (Å²) in [7, 11) is 0. The van der Waals surface area contributed by atoms with E-state index in [-0.39, 0.29) is 23.7 Å². The predicted octanol–water partition coefficient (Wildman–Crippen LogP) is 3.64. The summed E-state index contributed by atoms with van der Waals surface area (Å²) in [6.45, 7) is 4.40. The Morgan fingerprint density at radius 3 is 2.79 bits per heavy atom. The van der Waals surface area contributed by atoms with E-state index >= 15 is 0 Å². The highest BCUT2D eigenvalue weighted by molar-refractivity contribution is 7.13. The van der Waals surface area contributed by atoms with E-state index in [4.69, 9.17) is 4.74 Å². The maximum Gasteiger partial charge on any atom is 0.226 e. The summed E-state index contributed by atoms with van der Waals surface area (Å²) >= 11 is 1.44. The molecule has 156 valence electrons. The fourth-order valence-corrected chi connectivity index (χ4v) is 5.17. The maximum absolute atomic E-state index is 13.4. The van der Waals surface area contributed by atoms with Crippen LogP contribution in [-0.4, -0.2) is 54.2 Å². The van der Waals surface area contributed by atoms with Crippen molar-refractivity contribution in [2.75, 3.05) is 32.8 Å². The van der Waals surface area contributed by atoms with E-state index in [0.717, 1.165) is 55.4 Å². The van der Waals surface area contributed by atoms with Crippen LogP contribution in [0.1, 0.15) is 37.8 Å². The molecule has 29 heavy (non-hydrogen) atoms. The summed E-state index contributed by atoms with van der Waals surface area (Å²) in [6, 6.07) is 6.39. The van der Waals surface area contributed by atoms with Crippen molar-refractivity contribution in [3.8, 4) is 10.6 Å². The second-order valence-electron chi connectivity index (χ2n) is 7.99. The molecule has 2 saturated heterocycles. The molecule has 0 bridgehead atoms. The Labute approximate surface area is 175 Å². The number of nitrogens with zero attached hydrogens (tertiary/aromatic N) is 2. The molecule has 0 spiro atoms. The van der Waals surface area contributed by atoms with E-state index in [1.807, 2.05) is 11.4 Å². The molecule has 0 radical (unpaired) electrons. The van der Waals surface area contributed by atoms with Gasteiger partial charge < -0.3 is 10.1 Å². The number of halogens is 1. The van der Waals surface area contributed by atoms with Gasteiger partial charge >= 0.3 is 0 Å². The zero-order chi connectivity index (χ0) is 20.1. The van der Waals surface area contributed by atoms with Gasteiger partial charge in [0.15, 0.2) is 0 Å². The molecule has 5 nitrogen and oxygen atoms in total. The third kappa shape index (κ3) is 5.02. The topological polar surface area (TPSA) is 54.5 Å². The lowest BCUT2D eigenvalue weighted by Crippen LogP contribution is -2.59. The summed E-state index contributed by atoms with van der Waals surface area (Å²) in [5, 5.41) is 5.79. The normalized spacial score (nSPS) is 19.8. The Morgan fingerprint density at radius 1 is 1.24 bits per heavy atom. The van der Waals surface area contributed by atoms with Gasteiger partial charge in [-0.1, -0.05) is 18.6 Å². The Hall–Kier alpha value is -1.83. The fraction of sp³-hybridized carbons (Fsp3) is 0.545. The molecule has 0 saturated carbocycles. The number of hydrogen-bond acceptors (Lipinski definition) is 5. The van der Waals surface area contributed by atoms with Crippen LogP contribution in [-0.2, 0) is 16.0 Å². The molecule has 1 amide bonds. The number of hydrogen-bond donors (Lipinski definition) is 1. The summed E-state index contributed by atoms with van der Waals surface area (Å²) in [5.41, 5.74) is 1.49. The zero-order valence-electron chi connectivity index (χ0n) is 16.7. The Balaban J connectivity index is 1.36. The molecule has 0 atom stereocenters. The fourth-order valence-electron chi connectivity index (χ4n) is 4.36. The van der Waals surface area contributed by atoms with Crippen molar-refractivity contribution in [1.82, 2.24) is 15.2 Å². The first-order valence-electron chi connectivity index (χ1n) is 10.4. The highest BCUT2D eigenvalue weighted by Gasteiger charge is 2.39. The summed E-state index contributed by atoms with van der Waals surface area (Å²) in [4.78, 5) is 19.7. The quantitative estimate of drug-likeness (QED) is 0.780. The second-order valence-corrected chi connectivity index (χ2v) is 8.85. The average Bonchev–Trinajstić information content (AvgIpc) is 3.22. The monoisotopic (exact) mass is 417 g/mol. The lowest BCUT2D eigenvalue weighted by atomic mass is 9.86. The third-order valence-electron chi connectivity index (χ3n) is 6.03. The first kappa shape index (κ1) is 20.4. The number of ether oxygens (including phenoxy) is 1. The van der Waals surface area contributed by atoms with Crippen molar-refractivity contribution < 1.29 is 13.9 Å². The lowest BCUT2D eigenvalue weighted by molar-refractivity contribution is -0.122. The molecule has 7 heteroatoms. The molecular formula is C22H28FN3O2S. The molecular weight excluding hydrogens is 389 g/mol. The molecule has 2 aliphatic rings. The highest BCUT2D eigenvalue weighted by atomic mass is 32.1. The largest absolute Gasteiger partial charge is 0.381 e. The lowest BCUT2D eigenvalue weighted by Gasteiger charge is -2.48. The number of nitrogens with one attached hydrogen (secondary N) is 1. The number of piperidine rings is 1. The van der Waals surface area contributed by atoms with Crippen LogP contribution in [0.3, 0.4) is 0 Å². The first-order chi connectivity index (χ1) is 14.1. The minimum absolute atomic E-state index is 0.0102. The molecule has 0 aliphatic carbocycles. The van der Waals surface area contributed by atoms with Crippen LogP contribution < -0.4 is 5.32 Å². The SMILES string of the molecule is O=C(Cc1csc(-c2cccc(F)c2)n1)NCC1(N2CCCCC2)CCOCC1. The number of likely N-dealkylation sites (tertiary alicyclic amines) is 1. The smallest absolute Gasteiger partial charge is 0.226 e. The van der Waals surface area contributed by atoms with E-state index in [0.29, 0.717) is 6.54 Å². The van der Waals surface area contributed by atoms with Crippen LogP contribution in [0.25, 0.3) is 10.6 Å². The van der Waals surface area contributed by atoms with Crippen LogP contribution >= 0.6 is 11.3 Å². The van der Waals surface area contributed by atoms with Gasteiger partial charge in [-0.05, 0) is 50.9 Å². The standard InChI is InChI=1S/C22H28FN3O2S/c23-18-6-4-5-17(13-18)21-25-19(15-29-21)14-20(27)24-16-22(7-11-28-12-8-22)26-9-2-1-3-10-26/h4-6,13,15H,1-3,7-12,14,16H2,(H,24,27). The molecule has 2 fully saturated rings. The van der Waals surface area contributed by atoms with Crippen molar-refractivity contribution in [3.05, 3.63) is 41.2 Å². The van der Waals surface area contributed by atoms with E-state index in [1.165, 1.54) is 42.7 Å². The molecule has 0 unspecified atom stereocenters. The van der Waals surface area contributed by atoms with Gasteiger partial charge in [0.05, 0.1) is 12.1 Å². The van der Waals surface area contributed by atoms with Crippen LogP contribution in [0.15, 0.2) is 29.6 Å². The second kappa shape index (κ2) is 9.32. The zero-order valence-corrected chi connectivity index (χ0v) is 17.5. The number of carbonyl (C=O) groups excluding carboxylic acids is 1. The number of rotatable bonds is 6. The molecule has 2 aromatic rings. The Bertz CT molecular complexity index is 829. The Kier molecular flexibility index (Phi) is 6.57. The summed E-state index contributed by atoms with van der Waals surface area (Å²) in [5.74, 6) is -0.291. The van der Waals surface area contributed by atoms with Gasteiger partial charge in [0.2, 0.25) is 5.91 Å². The first-order valence-corrected chi connectivity index (χ1v) is 11.3. The van der Waals surface area contributed by atoms with E-state index in [2.05, 4.69) is 15.2 Å². The number of carbonyl (C=O) groups is 1. The van der Waals surface area contributed by atoms with Gasteiger partial charge in [0.1, 0.15) is 10.8 Å². The van der Waals surface area contributed by atoms with Crippen molar-refractivity contribution in [1.29, 1.82) is 0 Å². The molecule has 1 N–H and O–H groups in total. The maximum atomic E-state index is 13.4. The number of amides is 1. The van der Waals surface area contributed by atoms with Crippen LogP contribution in [0.2, 0.25) is 0 Å². The van der Waals surface area contributed by atoms with Crippen LogP contribution in [0.5, 0.6) is 0 Å². The number of benzene rings is 1. The number of aromatic nitrogens is 1. The molecule has 2 aliphatic heterocycles. The van der Waals surface area contributed by atoms with Gasteiger partial charge in [-0.25, -0.2) is 9.37 Å². The molecule has 4 rings (SSSR count). The van der Waals surface area contributed by atoms with E-state index < -0.39 is 0 Å². The highest BCUT2D eigenvalue weighted by Crippen LogP contribution is 2.30. The van der Waals surface area contributed by atoms with E-state index in [9.17, 15) is 9.18 Å². The van der Waals surface area contributed by atoms with Gasteiger partial charge in [0.25, 0.3) is 0 Å². The molecule has 1 aromatic carbocycles. The summed E-state index contributed by atoms with van der Waals surface area (Å²) < 4.78 is 19.0.